The summed E-state index contributed by atoms with van der Waals surface area (Å²) in [6.07, 6.45) is 11.7. The van der Waals surface area contributed by atoms with E-state index in [9.17, 15) is 0 Å². The first kappa shape index (κ1) is 24.5. The van der Waals surface area contributed by atoms with Gasteiger partial charge in [-0.3, -0.25) is 0 Å². The van der Waals surface area contributed by atoms with Crippen LogP contribution < -0.4 is 0 Å². The van der Waals surface area contributed by atoms with E-state index in [0.717, 1.165) is 0 Å². The molecule has 1 saturated heterocycles. The number of nitrogens with zero attached hydrogens (tertiary/aromatic N) is 1. The first-order valence-corrected chi connectivity index (χ1v) is 8.77. The maximum Gasteiger partial charge on any atom is -0.00136 e. The quantitative estimate of drug-likeness (QED) is 0.573. The lowest BCUT2D eigenvalue weighted by Gasteiger charge is -2.41. The van der Waals surface area contributed by atoms with Crippen molar-refractivity contribution in [3.63, 3.8) is 0 Å². The molecule has 0 unspecified atom stereocenters. The minimum atomic E-state index is 0.709. The van der Waals surface area contributed by atoms with Crippen LogP contribution in [0.3, 0.4) is 0 Å². The second-order valence-corrected chi connectivity index (χ2v) is 4.83. The van der Waals surface area contributed by atoms with E-state index >= 15 is 0 Å². The molecule has 1 fully saturated rings. The Bertz CT molecular complexity index is 194. The van der Waals surface area contributed by atoms with Crippen LogP contribution in [0.4, 0.5) is 0 Å². The number of hydrogen-bond acceptors (Lipinski definition) is 1. The van der Waals surface area contributed by atoms with Crippen molar-refractivity contribution in [2.75, 3.05) is 19.6 Å². The highest BCUT2D eigenvalue weighted by molar-refractivity contribution is 4.84. The molecule has 1 aliphatic heterocycles. The molecule has 0 amide bonds. The average Bonchev–Trinajstić information content (AvgIpc) is 2.53. The van der Waals surface area contributed by atoms with Crippen LogP contribution in [0.5, 0.6) is 0 Å². The summed E-state index contributed by atoms with van der Waals surface area (Å²) in [6.45, 7) is 20.5. The van der Waals surface area contributed by atoms with Gasteiger partial charge in [-0.2, -0.15) is 0 Å². The van der Waals surface area contributed by atoms with Crippen molar-refractivity contribution in [3.05, 3.63) is 0 Å². The van der Waals surface area contributed by atoms with Crippen LogP contribution in [0.1, 0.15) is 87.5 Å². The van der Waals surface area contributed by atoms with Crippen molar-refractivity contribution in [2.24, 2.45) is 5.41 Å². The zero-order valence-electron chi connectivity index (χ0n) is 15.7. The van der Waals surface area contributed by atoms with Gasteiger partial charge in [0.1, 0.15) is 0 Å². The first-order valence-electron chi connectivity index (χ1n) is 8.77. The molecule has 0 aromatic rings. The van der Waals surface area contributed by atoms with Crippen molar-refractivity contribution in [2.45, 2.75) is 87.5 Å². The second-order valence-electron chi connectivity index (χ2n) is 4.83. The molecule has 0 N–H and O–H groups in total. The van der Waals surface area contributed by atoms with Crippen molar-refractivity contribution in [1.82, 2.24) is 4.90 Å². The fourth-order valence-electron chi connectivity index (χ4n) is 2.65. The molecule has 0 aromatic carbocycles. The normalized spacial score (nSPS) is 16.1. The van der Waals surface area contributed by atoms with Crippen molar-refractivity contribution < 1.29 is 0 Å². The van der Waals surface area contributed by atoms with Gasteiger partial charge in [-0.15, -0.1) is 12.3 Å². The highest BCUT2D eigenvalue weighted by Crippen LogP contribution is 2.38. The van der Waals surface area contributed by atoms with Crippen LogP contribution in [0, 0.1) is 17.8 Å². The minimum absolute atomic E-state index is 0.709. The lowest BCUT2D eigenvalue weighted by Crippen LogP contribution is -2.39. The van der Waals surface area contributed by atoms with Crippen molar-refractivity contribution in [3.8, 4) is 12.3 Å². The molecule has 20 heavy (non-hydrogen) atoms. The van der Waals surface area contributed by atoms with Gasteiger partial charge in [0.15, 0.2) is 0 Å². The molecule has 0 radical (unpaired) electrons. The van der Waals surface area contributed by atoms with Gasteiger partial charge in [0.25, 0.3) is 0 Å². The fraction of sp³-hybridized carbons (Fsp3) is 0.895. The largest absolute Gasteiger partial charge is 0.304 e. The van der Waals surface area contributed by atoms with Crippen LogP contribution in [0.15, 0.2) is 0 Å². The van der Waals surface area contributed by atoms with Crippen LogP contribution in [-0.4, -0.2) is 24.5 Å². The predicted octanol–water partition coefficient (Wildman–Crippen LogP) is 5.99. The number of rotatable bonds is 4. The van der Waals surface area contributed by atoms with Gasteiger partial charge in [0.05, 0.1) is 0 Å². The van der Waals surface area contributed by atoms with Gasteiger partial charge in [-0.1, -0.05) is 61.3 Å². The zero-order valence-corrected chi connectivity index (χ0v) is 15.7. The molecule has 1 aliphatic rings. The van der Waals surface area contributed by atoms with E-state index in [2.05, 4.69) is 38.0 Å². The third kappa shape index (κ3) is 11.4. The Hall–Kier alpha value is -0.480. The zero-order chi connectivity index (χ0) is 16.4. The maximum absolute atomic E-state index is 4.60. The Balaban J connectivity index is -0.000000355. The number of hydrogen-bond donors (Lipinski definition) is 0. The standard InChI is InChI=1S/C12H25N.C3H4.2C2H6/c1-4-7-12(5-2)8-10-13(6-3)11-9-12;1-3-2;2*1-2/h4-11H2,1-3H3;1H,2H3;2*1-2H3. The first-order chi connectivity index (χ1) is 9.67. The molecule has 0 spiro atoms. The van der Waals surface area contributed by atoms with Crippen LogP contribution in [0.25, 0.3) is 0 Å². The second kappa shape index (κ2) is 18.5. The highest BCUT2D eigenvalue weighted by atomic mass is 15.1. The highest BCUT2D eigenvalue weighted by Gasteiger charge is 2.31. The fourth-order valence-corrected chi connectivity index (χ4v) is 2.65. The third-order valence-corrected chi connectivity index (χ3v) is 3.89. The van der Waals surface area contributed by atoms with Crippen molar-refractivity contribution >= 4 is 0 Å². The Labute approximate surface area is 130 Å². The summed E-state index contributed by atoms with van der Waals surface area (Å²) in [6, 6.07) is 0. The molecule has 0 aliphatic carbocycles. The third-order valence-electron chi connectivity index (χ3n) is 3.89. The molecular formula is C19H41N. The average molecular weight is 284 g/mol. The van der Waals surface area contributed by atoms with Gasteiger partial charge in [-0.05, 0) is 51.2 Å². The topological polar surface area (TPSA) is 3.24 Å². The summed E-state index contributed by atoms with van der Waals surface area (Å²) >= 11 is 0. The summed E-state index contributed by atoms with van der Waals surface area (Å²) in [7, 11) is 0. The van der Waals surface area contributed by atoms with Gasteiger partial charge in [0.2, 0.25) is 0 Å². The summed E-state index contributed by atoms with van der Waals surface area (Å²) in [5.41, 5.74) is 0.709. The molecule has 1 heteroatoms. The van der Waals surface area contributed by atoms with E-state index in [1.165, 1.54) is 51.7 Å². The monoisotopic (exact) mass is 283 g/mol. The van der Waals surface area contributed by atoms with E-state index in [0.29, 0.717) is 5.41 Å². The van der Waals surface area contributed by atoms with Gasteiger partial charge in [-0.25, -0.2) is 0 Å². The Morgan fingerprint density at radius 3 is 1.65 bits per heavy atom. The SMILES string of the molecule is C#CC.CC.CC.CCCC1(CC)CCN(CC)CC1. The molecule has 0 atom stereocenters. The molecule has 1 heterocycles. The molecule has 1 nitrogen and oxygen atoms in total. The molecule has 0 saturated carbocycles. The van der Waals surface area contributed by atoms with E-state index < -0.39 is 0 Å². The van der Waals surface area contributed by atoms with Crippen LogP contribution in [-0.2, 0) is 0 Å². The number of likely N-dealkylation sites (tertiary alicyclic amines) is 1. The molecule has 1 rings (SSSR count). The summed E-state index contributed by atoms with van der Waals surface area (Å²) in [4.78, 5) is 2.59. The van der Waals surface area contributed by atoms with E-state index in [1.807, 2.05) is 27.7 Å². The van der Waals surface area contributed by atoms with Gasteiger partial charge in [0, 0.05) is 0 Å². The molecule has 0 bridgehead atoms. The lowest BCUT2D eigenvalue weighted by atomic mass is 9.73. The summed E-state index contributed by atoms with van der Waals surface area (Å²) in [5.74, 6) is 2.25. The number of terminal acetylenes is 1. The molecule has 122 valence electrons. The number of piperidine rings is 1. The van der Waals surface area contributed by atoms with Crippen LogP contribution >= 0.6 is 0 Å². The summed E-state index contributed by atoms with van der Waals surface area (Å²) < 4.78 is 0. The lowest BCUT2D eigenvalue weighted by molar-refractivity contribution is 0.0939. The van der Waals surface area contributed by atoms with Crippen LogP contribution in [0.2, 0.25) is 0 Å². The van der Waals surface area contributed by atoms with E-state index in [4.69, 9.17) is 0 Å². The Kier molecular flexibility index (Phi) is 22.7. The molecular weight excluding hydrogens is 242 g/mol. The van der Waals surface area contributed by atoms with Crippen molar-refractivity contribution in [1.29, 1.82) is 0 Å². The summed E-state index contributed by atoms with van der Waals surface area (Å²) in [5, 5.41) is 0. The smallest absolute Gasteiger partial charge is 0.00136 e. The predicted molar refractivity (Wildman–Crippen MR) is 96.2 cm³/mol. The Morgan fingerprint density at radius 1 is 1.00 bits per heavy atom. The van der Waals surface area contributed by atoms with Gasteiger partial charge >= 0.3 is 0 Å². The Morgan fingerprint density at radius 2 is 1.40 bits per heavy atom. The van der Waals surface area contributed by atoms with E-state index in [1.54, 1.807) is 6.92 Å². The molecule has 0 aromatic heterocycles. The maximum atomic E-state index is 4.60. The van der Waals surface area contributed by atoms with E-state index in [-0.39, 0.29) is 0 Å². The van der Waals surface area contributed by atoms with Gasteiger partial charge < -0.3 is 4.90 Å². The minimum Gasteiger partial charge on any atom is -0.304 e.